The molecule has 4 rings (SSSR count). The Morgan fingerprint density at radius 1 is 1.21 bits per heavy atom. The van der Waals surface area contributed by atoms with Crippen LogP contribution in [0.3, 0.4) is 0 Å². The Bertz CT molecular complexity index is 1140. The van der Waals surface area contributed by atoms with Crippen LogP contribution in [-0.4, -0.2) is 33.6 Å². The summed E-state index contributed by atoms with van der Waals surface area (Å²) in [6, 6.07) is 9.36. The molecule has 0 atom stereocenters. The lowest BCUT2D eigenvalue weighted by Gasteiger charge is -2.32. The number of piperidine rings is 1. The normalized spacial score (nSPS) is 14.9. The summed E-state index contributed by atoms with van der Waals surface area (Å²) in [6.45, 7) is 2.65. The number of likely N-dealkylation sites (tertiary alicyclic amines) is 1. The van der Waals surface area contributed by atoms with Gasteiger partial charge in [0, 0.05) is 29.8 Å². The van der Waals surface area contributed by atoms with E-state index >= 15 is 0 Å². The molecule has 1 saturated heterocycles. The number of hydrogen-bond acceptors (Lipinski definition) is 3. The summed E-state index contributed by atoms with van der Waals surface area (Å²) < 4.78 is 15.3. The number of anilines is 1. The van der Waals surface area contributed by atoms with Crippen LogP contribution in [0.5, 0.6) is 0 Å². The smallest absolute Gasteiger partial charge is 0.321 e. The van der Waals surface area contributed by atoms with Gasteiger partial charge in [0.1, 0.15) is 5.82 Å². The van der Waals surface area contributed by atoms with E-state index in [9.17, 15) is 14.0 Å². The fraction of sp³-hybridized carbons (Fsp3) is 0.286. The molecule has 0 radical (unpaired) electrons. The highest BCUT2D eigenvalue weighted by molar-refractivity contribution is 6.31. The molecule has 2 amide bonds. The van der Waals surface area contributed by atoms with Crippen molar-refractivity contribution < 1.29 is 9.18 Å². The maximum atomic E-state index is 13.7. The first-order valence-electron chi connectivity index (χ1n) is 9.41. The van der Waals surface area contributed by atoms with E-state index in [4.69, 9.17) is 11.6 Å². The summed E-state index contributed by atoms with van der Waals surface area (Å²) in [5.74, 6) is -0.357. The molecule has 1 aliphatic heterocycles. The summed E-state index contributed by atoms with van der Waals surface area (Å²) in [7, 11) is 0. The van der Waals surface area contributed by atoms with E-state index in [1.165, 1.54) is 6.07 Å². The van der Waals surface area contributed by atoms with Gasteiger partial charge in [-0.2, -0.15) is 0 Å². The van der Waals surface area contributed by atoms with Gasteiger partial charge in [-0.15, -0.1) is 0 Å². The highest BCUT2D eigenvalue weighted by atomic mass is 35.5. The van der Waals surface area contributed by atoms with Crippen molar-refractivity contribution in [3.8, 4) is 0 Å². The minimum atomic E-state index is -0.357. The van der Waals surface area contributed by atoms with Crippen molar-refractivity contribution in [2.75, 3.05) is 18.4 Å². The van der Waals surface area contributed by atoms with Crippen LogP contribution in [0, 0.1) is 12.7 Å². The monoisotopic (exact) mass is 414 g/mol. The number of halogens is 2. The molecule has 29 heavy (non-hydrogen) atoms. The quantitative estimate of drug-likeness (QED) is 0.677. The molecule has 0 bridgehead atoms. The van der Waals surface area contributed by atoms with Crippen LogP contribution in [0.25, 0.3) is 10.9 Å². The minimum absolute atomic E-state index is 0.0424. The highest BCUT2D eigenvalue weighted by Crippen LogP contribution is 2.23. The van der Waals surface area contributed by atoms with Crippen molar-refractivity contribution >= 4 is 34.2 Å². The van der Waals surface area contributed by atoms with Crippen LogP contribution in [0.1, 0.15) is 24.4 Å². The van der Waals surface area contributed by atoms with Crippen LogP contribution in [0.4, 0.5) is 14.9 Å². The maximum absolute atomic E-state index is 13.7. The molecule has 3 aromatic rings. The van der Waals surface area contributed by atoms with Crippen LogP contribution in [-0.2, 0) is 0 Å². The number of carbonyl (C=O) groups excluding carboxylic acids is 1. The maximum Gasteiger partial charge on any atom is 0.321 e. The molecule has 1 fully saturated rings. The SMILES string of the molecule is Cc1ccc(NC(=O)N2CCC(n3cnc4ccc(Cl)cc4c3=O)CC2)cc1F. The lowest BCUT2D eigenvalue weighted by molar-refractivity contribution is 0.182. The number of nitrogens with zero attached hydrogens (tertiary/aromatic N) is 3. The van der Waals surface area contributed by atoms with E-state index in [2.05, 4.69) is 10.3 Å². The van der Waals surface area contributed by atoms with Crippen molar-refractivity contribution in [2.45, 2.75) is 25.8 Å². The molecule has 2 heterocycles. The zero-order valence-corrected chi connectivity index (χ0v) is 16.6. The Kier molecular flexibility index (Phi) is 5.24. The van der Waals surface area contributed by atoms with Gasteiger partial charge in [0.2, 0.25) is 0 Å². The van der Waals surface area contributed by atoms with Crippen LogP contribution in [0.2, 0.25) is 5.02 Å². The van der Waals surface area contributed by atoms with Crippen molar-refractivity contribution in [3.05, 3.63) is 69.5 Å². The Morgan fingerprint density at radius 2 is 1.97 bits per heavy atom. The second-order valence-electron chi connectivity index (χ2n) is 7.23. The molecule has 150 valence electrons. The molecular weight excluding hydrogens is 395 g/mol. The van der Waals surface area contributed by atoms with Gasteiger partial charge in [-0.1, -0.05) is 17.7 Å². The van der Waals surface area contributed by atoms with E-state index in [1.54, 1.807) is 53.0 Å². The lowest BCUT2D eigenvalue weighted by atomic mass is 10.0. The predicted molar refractivity (Wildman–Crippen MR) is 111 cm³/mol. The second-order valence-corrected chi connectivity index (χ2v) is 7.67. The minimum Gasteiger partial charge on any atom is -0.324 e. The first-order chi connectivity index (χ1) is 13.9. The third-order valence-electron chi connectivity index (χ3n) is 5.31. The zero-order valence-electron chi connectivity index (χ0n) is 15.9. The number of aromatic nitrogens is 2. The fourth-order valence-corrected chi connectivity index (χ4v) is 3.76. The number of nitrogens with one attached hydrogen (secondary N) is 1. The van der Waals surface area contributed by atoms with Gasteiger partial charge < -0.3 is 10.2 Å². The average Bonchev–Trinajstić information content (AvgIpc) is 2.72. The Hall–Kier alpha value is -2.93. The summed E-state index contributed by atoms with van der Waals surface area (Å²) in [5.41, 5.74) is 1.43. The van der Waals surface area contributed by atoms with Gasteiger partial charge in [-0.05, 0) is 55.7 Å². The second kappa shape index (κ2) is 7.83. The number of hydrogen-bond donors (Lipinski definition) is 1. The summed E-state index contributed by atoms with van der Waals surface area (Å²) in [5, 5.41) is 3.71. The summed E-state index contributed by atoms with van der Waals surface area (Å²) >= 11 is 6.02. The first-order valence-corrected chi connectivity index (χ1v) is 9.78. The van der Waals surface area contributed by atoms with Crippen molar-refractivity contribution in [3.63, 3.8) is 0 Å². The largest absolute Gasteiger partial charge is 0.324 e. The Balaban J connectivity index is 1.44. The topological polar surface area (TPSA) is 67.2 Å². The summed E-state index contributed by atoms with van der Waals surface area (Å²) in [4.78, 5) is 31.3. The molecule has 0 unspecified atom stereocenters. The average molecular weight is 415 g/mol. The van der Waals surface area contributed by atoms with Crippen molar-refractivity contribution in [2.24, 2.45) is 0 Å². The number of fused-ring (bicyclic) bond motifs is 1. The lowest BCUT2D eigenvalue weighted by Crippen LogP contribution is -2.42. The van der Waals surface area contributed by atoms with Crippen LogP contribution < -0.4 is 10.9 Å². The molecule has 0 aliphatic carbocycles. The van der Waals surface area contributed by atoms with E-state index in [0.717, 1.165) is 0 Å². The number of amides is 2. The number of rotatable bonds is 2. The highest BCUT2D eigenvalue weighted by Gasteiger charge is 2.25. The molecular formula is C21H20ClFN4O2. The van der Waals surface area contributed by atoms with Gasteiger partial charge >= 0.3 is 6.03 Å². The van der Waals surface area contributed by atoms with Gasteiger partial charge in [-0.25, -0.2) is 14.2 Å². The van der Waals surface area contributed by atoms with Crippen molar-refractivity contribution in [1.82, 2.24) is 14.5 Å². The summed E-state index contributed by atoms with van der Waals surface area (Å²) in [6.07, 6.45) is 2.82. The van der Waals surface area contributed by atoms with Gasteiger partial charge in [-0.3, -0.25) is 9.36 Å². The fourth-order valence-electron chi connectivity index (χ4n) is 3.59. The molecule has 0 spiro atoms. The van der Waals surface area contributed by atoms with Crippen LogP contribution >= 0.6 is 11.6 Å². The standard InChI is InChI=1S/C21H20ClFN4O2/c1-13-2-4-15(11-18(13)23)25-21(29)26-8-6-16(7-9-26)27-12-24-19-5-3-14(22)10-17(19)20(27)28/h2-5,10-12,16H,6-9H2,1H3,(H,25,29). The third kappa shape index (κ3) is 3.96. The molecule has 2 aromatic carbocycles. The molecule has 1 aliphatic rings. The zero-order chi connectivity index (χ0) is 20.5. The van der Waals surface area contributed by atoms with E-state index in [-0.39, 0.29) is 23.4 Å². The first kappa shape index (κ1) is 19.4. The molecule has 8 heteroatoms. The molecule has 1 aromatic heterocycles. The Morgan fingerprint density at radius 3 is 2.69 bits per heavy atom. The van der Waals surface area contributed by atoms with Gasteiger partial charge in [0.25, 0.3) is 5.56 Å². The molecule has 6 nitrogen and oxygen atoms in total. The van der Waals surface area contributed by atoms with Crippen molar-refractivity contribution in [1.29, 1.82) is 0 Å². The predicted octanol–water partition coefficient (Wildman–Crippen LogP) is 4.37. The number of benzene rings is 2. The van der Waals surface area contributed by atoms with E-state index in [0.29, 0.717) is 53.1 Å². The molecule has 0 saturated carbocycles. The van der Waals surface area contributed by atoms with Crippen LogP contribution in [0.15, 0.2) is 47.5 Å². The molecule has 1 N–H and O–H groups in total. The van der Waals surface area contributed by atoms with Gasteiger partial charge in [0.15, 0.2) is 0 Å². The number of carbonyl (C=O) groups is 1. The van der Waals surface area contributed by atoms with Gasteiger partial charge in [0.05, 0.1) is 17.2 Å². The van der Waals surface area contributed by atoms with E-state index < -0.39 is 0 Å². The number of urea groups is 1. The third-order valence-corrected chi connectivity index (χ3v) is 5.55. The Labute approximate surface area is 171 Å². The number of aryl methyl sites for hydroxylation is 1. The van der Waals surface area contributed by atoms with E-state index in [1.807, 2.05) is 0 Å².